The Labute approximate surface area is 144 Å². The van der Waals surface area contributed by atoms with E-state index in [0.29, 0.717) is 23.6 Å². The maximum absolute atomic E-state index is 12.1. The number of halogens is 1. The van der Waals surface area contributed by atoms with E-state index in [0.717, 1.165) is 16.9 Å². The number of aromatic nitrogens is 2. The van der Waals surface area contributed by atoms with Crippen LogP contribution in [0.2, 0.25) is 5.02 Å². The Balaban J connectivity index is 1.60. The summed E-state index contributed by atoms with van der Waals surface area (Å²) in [4.78, 5) is 16.6. The fraction of sp³-hybridized carbons (Fsp3) is 0.222. The van der Waals surface area contributed by atoms with Gasteiger partial charge in [0.05, 0.1) is 5.69 Å². The van der Waals surface area contributed by atoms with Crippen LogP contribution in [0.3, 0.4) is 0 Å². The number of amides is 1. The predicted octanol–water partition coefficient (Wildman–Crippen LogP) is 2.69. The summed E-state index contributed by atoms with van der Waals surface area (Å²) in [5, 5.41) is 13.2. The van der Waals surface area contributed by atoms with Crippen LogP contribution in [-0.4, -0.2) is 26.9 Å². The number of nitrogens with zero attached hydrogens (tertiary/aromatic N) is 2. The van der Waals surface area contributed by atoms with Crippen LogP contribution < -0.4 is 5.32 Å². The zero-order valence-corrected chi connectivity index (χ0v) is 14.0. The number of benzene rings is 1. The van der Waals surface area contributed by atoms with E-state index in [4.69, 9.17) is 11.6 Å². The van der Waals surface area contributed by atoms with Gasteiger partial charge in [-0.2, -0.15) is 0 Å². The van der Waals surface area contributed by atoms with Crippen LogP contribution in [0.15, 0.2) is 48.8 Å². The Bertz CT molecular complexity index is 876. The van der Waals surface area contributed by atoms with Gasteiger partial charge in [0.25, 0.3) is 5.91 Å². The van der Waals surface area contributed by atoms with Crippen molar-refractivity contribution in [3.05, 3.63) is 70.6 Å². The van der Waals surface area contributed by atoms with E-state index >= 15 is 0 Å². The molecule has 6 heteroatoms. The Kier molecular flexibility index (Phi) is 4.83. The number of hydrogen-bond acceptors (Lipinski definition) is 3. The molecule has 24 heavy (non-hydrogen) atoms. The number of pyridine rings is 1. The zero-order chi connectivity index (χ0) is 17.1. The van der Waals surface area contributed by atoms with Gasteiger partial charge < -0.3 is 14.8 Å². The standard InChI is InChI=1S/C18H18ClN3O2/c1-12-5-4-10-22-11-13(21-17(12)22)8-9-20-18(24)16(23)14-6-2-3-7-15(14)19/h2-7,10-11,16,23H,8-9H2,1H3,(H,20,24)/t16-/m1/s1. The van der Waals surface area contributed by atoms with Gasteiger partial charge in [-0.3, -0.25) is 4.79 Å². The van der Waals surface area contributed by atoms with Crippen molar-refractivity contribution in [2.24, 2.45) is 0 Å². The van der Waals surface area contributed by atoms with Crippen molar-refractivity contribution in [2.75, 3.05) is 6.54 Å². The minimum Gasteiger partial charge on any atom is -0.378 e. The Hall–Kier alpha value is -2.37. The minimum atomic E-state index is -1.28. The van der Waals surface area contributed by atoms with Crippen molar-refractivity contribution in [1.82, 2.24) is 14.7 Å². The smallest absolute Gasteiger partial charge is 0.253 e. The summed E-state index contributed by atoms with van der Waals surface area (Å²) in [6, 6.07) is 10.7. The van der Waals surface area contributed by atoms with E-state index in [1.54, 1.807) is 24.3 Å². The molecule has 0 aliphatic carbocycles. The highest BCUT2D eigenvalue weighted by molar-refractivity contribution is 6.31. The third-order valence-corrected chi connectivity index (χ3v) is 4.20. The first-order valence-corrected chi connectivity index (χ1v) is 8.07. The van der Waals surface area contributed by atoms with E-state index in [1.165, 1.54) is 0 Å². The molecule has 3 rings (SSSR count). The molecule has 2 N–H and O–H groups in total. The van der Waals surface area contributed by atoms with Crippen LogP contribution in [-0.2, 0) is 11.2 Å². The fourth-order valence-electron chi connectivity index (χ4n) is 2.57. The van der Waals surface area contributed by atoms with E-state index in [2.05, 4.69) is 10.3 Å². The summed E-state index contributed by atoms with van der Waals surface area (Å²) < 4.78 is 1.96. The second kappa shape index (κ2) is 7.03. The first-order chi connectivity index (χ1) is 11.6. The first kappa shape index (κ1) is 16.5. The van der Waals surface area contributed by atoms with Crippen molar-refractivity contribution < 1.29 is 9.90 Å². The number of carbonyl (C=O) groups is 1. The molecule has 0 radical (unpaired) electrons. The SMILES string of the molecule is Cc1cccn2cc(CCNC(=O)[C@H](O)c3ccccc3Cl)nc12. The molecule has 124 valence electrons. The molecule has 0 aliphatic heterocycles. The highest BCUT2D eigenvalue weighted by Gasteiger charge is 2.19. The molecule has 0 fully saturated rings. The summed E-state index contributed by atoms with van der Waals surface area (Å²) >= 11 is 6.00. The average molecular weight is 344 g/mol. The maximum atomic E-state index is 12.1. The lowest BCUT2D eigenvalue weighted by molar-refractivity contribution is -0.129. The highest BCUT2D eigenvalue weighted by Crippen LogP contribution is 2.22. The molecular formula is C18H18ClN3O2. The normalized spacial score (nSPS) is 12.3. The zero-order valence-electron chi connectivity index (χ0n) is 13.2. The number of aryl methyl sites for hydroxylation is 1. The number of rotatable bonds is 5. The molecular weight excluding hydrogens is 326 g/mol. The molecule has 1 amide bonds. The molecule has 0 bridgehead atoms. The van der Waals surface area contributed by atoms with Gasteiger partial charge in [-0.25, -0.2) is 4.98 Å². The van der Waals surface area contributed by atoms with Gasteiger partial charge in [0.1, 0.15) is 5.65 Å². The van der Waals surface area contributed by atoms with E-state index < -0.39 is 12.0 Å². The minimum absolute atomic E-state index is 0.371. The van der Waals surface area contributed by atoms with Gasteiger partial charge in [-0.05, 0) is 24.6 Å². The average Bonchev–Trinajstić information content (AvgIpc) is 2.99. The lowest BCUT2D eigenvalue weighted by Gasteiger charge is -2.12. The molecule has 1 atom stereocenters. The van der Waals surface area contributed by atoms with Gasteiger partial charge in [0.15, 0.2) is 6.10 Å². The highest BCUT2D eigenvalue weighted by atomic mass is 35.5. The van der Waals surface area contributed by atoms with Crippen LogP contribution in [0, 0.1) is 6.92 Å². The second-order valence-corrected chi connectivity index (χ2v) is 6.03. The third-order valence-electron chi connectivity index (χ3n) is 3.86. The fourth-order valence-corrected chi connectivity index (χ4v) is 2.81. The molecule has 0 spiro atoms. The number of carbonyl (C=O) groups excluding carboxylic acids is 1. The Morgan fingerprint density at radius 3 is 2.88 bits per heavy atom. The van der Waals surface area contributed by atoms with Gasteiger partial charge >= 0.3 is 0 Å². The number of fused-ring (bicyclic) bond motifs is 1. The van der Waals surface area contributed by atoms with Crippen molar-refractivity contribution in [2.45, 2.75) is 19.4 Å². The Morgan fingerprint density at radius 2 is 2.12 bits per heavy atom. The molecule has 3 aromatic rings. The van der Waals surface area contributed by atoms with Crippen LogP contribution >= 0.6 is 11.6 Å². The van der Waals surface area contributed by atoms with Crippen molar-refractivity contribution >= 4 is 23.2 Å². The topological polar surface area (TPSA) is 66.6 Å². The van der Waals surface area contributed by atoms with Crippen molar-refractivity contribution in [1.29, 1.82) is 0 Å². The summed E-state index contributed by atoms with van der Waals surface area (Å²) in [6.07, 6.45) is 3.20. The third kappa shape index (κ3) is 3.42. The van der Waals surface area contributed by atoms with E-state index in [-0.39, 0.29) is 0 Å². The Morgan fingerprint density at radius 1 is 1.33 bits per heavy atom. The lowest BCUT2D eigenvalue weighted by Crippen LogP contribution is -2.31. The molecule has 2 heterocycles. The first-order valence-electron chi connectivity index (χ1n) is 7.69. The largest absolute Gasteiger partial charge is 0.378 e. The van der Waals surface area contributed by atoms with Crippen LogP contribution in [0.1, 0.15) is 22.9 Å². The van der Waals surface area contributed by atoms with Gasteiger partial charge in [0.2, 0.25) is 0 Å². The van der Waals surface area contributed by atoms with Crippen LogP contribution in [0.4, 0.5) is 0 Å². The van der Waals surface area contributed by atoms with Crippen LogP contribution in [0.5, 0.6) is 0 Å². The second-order valence-electron chi connectivity index (χ2n) is 5.62. The van der Waals surface area contributed by atoms with Gasteiger partial charge in [-0.1, -0.05) is 35.9 Å². The van der Waals surface area contributed by atoms with Crippen molar-refractivity contribution in [3.63, 3.8) is 0 Å². The summed E-state index contributed by atoms with van der Waals surface area (Å²) in [5.41, 5.74) is 3.30. The molecule has 1 aromatic carbocycles. The van der Waals surface area contributed by atoms with Gasteiger partial charge in [-0.15, -0.1) is 0 Å². The number of aliphatic hydroxyl groups excluding tert-OH is 1. The number of nitrogens with one attached hydrogen (secondary N) is 1. The van der Waals surface area contributed by atoms with E-state index in [9.17, 15) is 9.90 Å². The summed E-state index contributed by atoms with van der Waals surface area (Å²) in [7, 11) is 0. The lowest BCUT2D eigenvalue weighted by atomic mass is 10.1. The number of aliphatic hydroxyl groups is 1. The molecule has 5 nitrogen and oxygen atoms in total. The van der Waals surface area contributed by atoms with Gasteiger partial charge in [0, 0.05) is 35.9 Å². The van der Waals surface area contributed by atoms with Crippen LogP contribution in [0.25, 0.3) is 5.65 Å². The summed E-state index contributed by atoms with van der Waals surface area (Å²) in [5.74, 6) is -0.469. The van der Waals surface area contributed by atoms with Crippen molar-refractivity contribution in [3.8, 4) is 0 Å². The molecule has 0 saturated heterocycles. The van der Waals surface area contributed by atoms with E-state index in [1.807, 2.05) is 35.9 Å². The molecule has 2 aromatic heterocycles. The molecule has 0 saturated carbocycles. The maximum Gasteiger partial charge on any atom is 0.253 e. The molecule has 0 unspecified atom stereocenters. The summed E-state index contributed by atoms with van der Waals surface area (Å²) in [6.45, 7) is 2.40. The number of hydrogen-bond donors (Lipinski definition) is 2. The quantitative estimate of drug-likeness (QED) is 0.748. The molecule has 0 aliphatic rings. The number of imidazole rings is 1. The predicted molar refractivity (Wildman–Crippen MR) is 93.1 cm³/mol. The monoisotopic (exact) mass is 343 g/mol.